The molecule has 1 atom stereocenters. The van der Waals surface area contributed by atoms with Crippen molar-refractivity contribution in [2.24, 2.45) is 0 Å². The molecule has 1 unspecified atom stereocenters. The van der Waals surface area contributed by atoms with Crippen LogP contribution in [0.25, 0.3) is 0 Å². The van der Waals surface area contributed by atoms with Crippen molar-refractivity contribution >= 4 is 29.3 Å². The summed E-state index contributed by atoms with van der Waals surface area (Å²) in [5, 5.41) is 31.9. The second-order valence-electron chi connectivity index (χ2n) is 4.97. The van der Waals surface area contributed by atoms with E-state index >= 15 is 0 Å². The van der Waals surface area contributed by atoms with E-state index in [4.69, 9.17) is 20.3 Å². The number of benzene rings is 1. The number of carbonyl (C=O) groups excluding carboxylic acids is 1. The van der Waals surface area contributed by atoms with E-state index in [1.54, 1.807) is 30.7 Å². The molecule has 0 aliphatic rings. The first-order valence-electron chi connectivity index (χ1n) is 9.03. The van der Waals surface area contributed by atoms with Crippen molar-refractivity contribution in [3.8, 4) is 11.8 Å². The van der Waals surface area contributed by atoms with Crippen molar-refractivity contribution in [2.75, 3.05) is 11.9 Å². The van der Waals surface area contributed by atoms with Crippen LogP contribution < -0.4 is 10.6 Å². The zero-order chi connectivity index (χ0) is 23.2. The average Bonchev–Trinajstić information content (AvgIpc) is 2.67. The molecule has 0 aromatic heterocycles. The van der Waals surface area contributed by atoms with Crippen LogP contribution >= 0.6 is 11.8 Å². The predicted octanol–water partition coefficient (Wildman–Crippen LogP) is 4.65. The third-order valence-electron chi connectivity index (χ3n) is 2.61. The Morgan fingerprint density at radius 2 is 1.93 bits per heavy atom. The summed E-state index contributed by atoms with van der Waals surface area (Å²) in [5.41, 5.74) is 1.80. The number of amides is 1. The summed E-state index contributed by atoms with van der Waals surface area (Å²) in [7, 11) is 0. The molecule has 8 heteroatoms. The molecule has 0 saturated carbocycles. The van der Waals surface area contributed by atoms with Crippen LogP contribution in [0.1, 0.15) is 40.2 Å². The van der Waals surface area contributed by atoms with Crippen LogP contribution in [0.15, 0.2) is 42.5 Å². The molecule has 1 rings (SSSR count). The molecule has 1 aromatic rings. The highest BCUT2D eigenvalue weighted by atomic mass is 32.2. The number of phenols is 1. The van der Waals surface area contributed by atoms with Crippen molar-refractivity contribution < 1.29 is 19.8 Å². The maximum atomic E-state index is 11.1. The largest absolute Gasteiger partial charge is 0.508 e. The number of nitriles is 1. The molecule has 29 heavy (non-hydrogen) atoms. The van der Waals surface area contributed by atoms with Gasteiger partial charge >= 0.3 is 0 Å². The molecule has 1 aromatic carbocycles. The molecule has 1 amide bonds. The summed E-state index contributed by atoms with van der Waals surface area (Å²) in [6, 6.07) is 7.17. The minimum absolute atomic E-state index is 0.00471. The molecule has 4 N–H and O–H groups in total. The monoisotopic (exact) mass is 423 g/mol. The zero-order valence-corrected chi connectivity index (χ0v) is 18.8. The third-order valence-corrected chi connectivity index (χ3v) is 3.53. The summed E-state index contributed by atoms with van der Waals surface area (Å²) in [6.07, 6.45) is 2.96. The summed E-state index contributed by atoms with van der Waals surface area (Å²) in [5.74, 6) is -0.510. The van der Waals surface area contributed by atoms with Gasteiger partial charge in [0.05, 0.1) is 11.3 Å². The number of aryl methyl sites for hydroxylation is 1. The first kappa shape index (κ1) is 30.8. The van der Waals surface area contributed by atoms with E-state index in [0.717, 1.165) is 18.2 Å². The number of nitrogens with zero attached hydrogens (tertiary/aromatic N) is 1. The normalized spacial score (nSPS) is 9.69. The number of carbonyl (C=O) groups is 2. The number of phenolic OH excluding ortho intramolecular Hbond substituents is 1. The molecule has 0 radical (unpaired) electrons. The van der Waals surface area contributed by atoms with Crippen LogP contribution in [0, 0.1) is 18.3 Å². The summed E-state index contributed by atoms with van der Waals surface area (Å²) < 4.78 is 0. The predicted molar refractivity (Wildman–Crippen MR) is 122 cm³/mol. The van der Waals surface area contributed by atoms with Gasteiger partial charge in [0, 0.05) is 25.2 Å². The van der Waals surface area contributed by atoms with Crippen molar-refractivity contribution in [3.05, 3.63) is 48.0 Å². The molecule has 0 heterocycles. The Labute approximate surface area is 178 Å². The Morgan fingerprint density at radius 3 is 2.34 bits per heavy atom. The van der Waals surface area contributed by atoms with Crippen LogP contribution in [-0.4, -0.2) is 33.9 Å². The minimum Gasteiger partial charge on any atom is -0.508 e. The van der Waals surface area contributed by atoms with Gasteiger partial charge in [-0.15, -0.1) is 11.8 Å². The lowest BCUT2D eigenvalue weighted by Gasteiger charge is -2.06. The number of anilines is 1. The Kier molecular flexibility index (Phi) is 22.7. The maximum absolute atomic E-state index is 11.1. The smallest absolute Gasteiger partial charge is 0.300 e. The molecule has 0 aliphatic heterocycles. The number of carboxylic acid groups (broad SMARTS) is 1. The number of aliphatic carboxylic acids is 1. The lowest BCUT2D eigenvalue weighted by atomic mass is 10.2. The third kappa shape index (κ3) is 21.2. The second kappa shape index (κ2) is 21.4. The number of nitrogens with one attached hydrogen (secondary N) is 2. The first-order chi connectivity index (χ1) is 13.7. The summed E-state index contributed by atoms with van der Waals surface area (Å²) in [4.78, 5) is 20.1. The van der Waals surface area contributed by atoms with Crippen molar-refractivity contribution in [1.82, 2.24) is 5.32 Å². The van der Waals surface area contributed by atoms with Gasteiger partial charge in [0.25, 0.3) is 5.97 Å². The van der Waals surface area contributed by atoms with Gasteiger partial charge in [-0.05, 0) is 56.1 Å². The zero-order valence-electron chi connectivity index (χ0n) is 18.0. The molecule has 0 bridgehead atoms. The van der Waals surface area contributed by atoms with Gasteiger partial charge in [-0.1, -0.05) is 20.4 Å². The SMILES string of the molecule is C=CNc1ccc(O)c(C)c1.CC.CC(=O)O.CCNC(=O)C(C)S/C=C/C#N. The van der Waals surface area contributed by atoms with E-state index in [-0.39, 0.29) is 11.2 Å². The van der Waals surface area contributed by atoms with Gasteiger partial charge in [-0.3, -0.25) is 9.59 Å². The topological polar surface area (TPSA) is 122 Å². The van der Waals surface area contributed by atoms with Crippen LogP contribution in [0.4, 0.5) is 5.69 Å². The molecule has 0 fully saturated rings. The number of hydrogen-bond donors (Lipinski definition) is 4. The number of aromatic hydroxyl groups is 1. The Balaban J connectivity index is -0.000000368. The van der Waals surface area contributed by atoms with Crippen molar-refractivity contribution in [3.63, 3.8) is 0 Å². The molecule has 0 aliphatic carbocycles. The van der Waals surface area contributed by atoms with E-state index in [0.29, 0.717) is 12.3 Å². The van der Waals surface area contributed by atoms with Gasteiger partial charge in [-0.25, -0.2) is 0 Å². The van der Waals surface area contributed by atoms with Crippen molar-refractivity contribution in [2.45, 2.75) is 46.8 Å². The number of thioether (sulfide) groups is 1. The second-order valence-corrected chi connectivity index (χ2v) is 6.22. The molecular formula is C21H33N3O4S. The molecule has 0 spiro atoms. The fourth-order valence-electron chi connectivity index (χ4n) is 1.43. The molecule has 7 nitrogen and oxygen atoms in total. The highest BCUT2D eigenvalue weighted by molar-refractivity contribution is 8.03. The van der Waals surface area contributed by atoms with Crippen molar-refractivity contribution in [1.29, 1.82) is 5.26 Å². The molecule has 162 valence electrons. The Morgan fingerprint density at radius 1 is 1.38 bits per heavy atom. The van der Waals surface area contributed by atoms with E-state index in [2.05, 4.69) is 17.2 Å². The Bertz CT molecular complexity index is 666. The van der Waals surface area contributed by atoms with Crippen LogP contribution in [0.3, 0.4) is 0 Å². The van der Waals surface area contributed by atoms with Gasteiger partial charge in [0.2, 0.25) is 5.91 Å². The van der Waals surface area contributed by atoms with E-state index in [9.17, 15) is 4.79 Å². The number of carboxylic acids is 1. The summed E-state index contributed by atoms with van der Waals surface area (Å²) >= 11 is 1.33. The fourth-order valence-corrected chi connectivity index (χ4v) is 2.01. The number of allylic oxidation sites excluding steroid dienone is 1. The van der Waals surface area contributed by atoms with E-state index in [1.165, 1.54) is 17.8 Å². The van der Waals surface area contributed by atoms with E-state index in [1.807, 2.05) is 39.8 Å². The fraction of sp³-hybridized carbons (Fsp3) is 0.381. The lowest BCUT2D eigenvalue weighted by molar-refractivity contribution is -0.134. The standard InChI is InChI=1S/C9H11NO.C8H12N2OS.C2H4O2.C2H6/c1-3-10-8-4-5-9(11)7(2)6-8;1-3-10-8(11)7(2)12-6-4-5-9;1-2(3)4;1-2/h3-6,10-11H,1H2,2H3;4,6-7H,3H2,1-2H3,(H,10,11);1H3,(H,3,4);1-2H3/b;6-4+;;. The molecular weight excluding hydrogens is 390 g/mol. The highest BCUT2D eigenvalue weighted by Gasteiger charge is 2.09. The minimum atomic E-state index is -0.833. The van der Waals surface area contributed by atoms with Gasteiger partial charge < -0.3 is 20.8 Å². The van der Waals surface area contributed by atoms with Crippen LogP contribution in [0.5, 0.6) is 5.75 Å². The lowest BCUT2D eigenvalue weighted by Crippen LogP contribution is -2.30. The number of hydrogen-bond acceptors (Lipinski definition) is 6. The first-order valence-corrected chi connectivity index (χ1v) is 9.98. The quantitative estimate of drug-likeness (QED) is 0.388. The van der Waals surface area contributed by atoms with Crippen LogP contribution in [-0.2, 0) is 9.59 Å². The maximum Gasteiger partial charge on any atom is 0.300 e. The Hall–Kier alpha value is -2.92. The summed E-state index contributed by atoms with van der Waals surface area (Å²) in [6.45, 7) is 14.8. The van der Waals surface area contributed by atoms with Gasteiger partial charge in [0.15, 0.2) is 0 Å². The number of rotatable bonds is 6. The average molecular weight is 424 g/mol. The van der Waals surface area contributed by atoms with Gasteiger partial charge in [-0.2, -0.15) is 5.26 Å². The molecule has 0 saturated heterocycles. The highest BCUT2D eigenvalue weighted by Crippen LogP contribution is 2.19. The van der Waals surface area contributed by atoms with E-state index < -0.39 is 5.97 Å². The van der Waals surface area contributed by atoms with Crippen LogP contribution in [0.2, 0.25) is 0 Å². The van der Waals surface area contributed by atoms with Gasteiger partial charge in [0.1, 0.15) is 5.75 Å².